The van der Waals surface area contributed by atoms with Gasteiger partial charge in [0.05, 0.1) is 33.8 Å². The Morgan fingerprint density at radius 1 is 1.00 bits per heavy atom. The van der Waals surface area contributed by atoms with Gasteiger partial charge in [0.15, 0.2) is 5.13 Å². The molecule has 1 unspecified atom stereocenters. The summed E-state index contributed by atoms with van der Waals surface area (Å²) in [5.41, 5.74) is 0.793. The number of carbonyl (C=O) groups excluding carboxylic acids is 3. The van der Waals surface area contributed by atoms with Crippen molar-refractivity contribution in [3.8, 4) is 5.75 Å². The molecule has 4 aliphatic rings. The molecule has 0 bridgehead atoms. The Morgan fingerprint density at radius 3 is 2.38 bits per heavy atom. The van der Waals surface area contributed by atoms with Gasteiger partial charge in [0.25, 0.3) is 11.5 Å². The van der Waals surface area contributed by atoms with Gasteiger partial charge in [-0.15, -0.1) is 0 Å². The van der Waals surface area contributed by atoms with Gasteiger partial charge in [-0.3, -0.25) is 29.4 Å². The van der Waals surface area contributed by atoms with Crippen molar-refractivity contribution in [3.05, 3.63) is 75.7 Å². The number of nitrogens with one attached hydrogen (secondary N) is 2. The molecular formula is C40H44F3N7O5S. The SMILES string of the molecule is CC(C)Oc1cc2nc(N3CCN(CC4CCN(c5cc(F)c(C6CCC(=O)NC6=O)c(F)c5)CC4)CC3)sc2cc1C(=O)Nc1cccn([C@H]2C[C@H]2F)c1=O. The smallest absolute Gasteiger partial charge is 0.274 e. The van der Waals surface area contributed by atoms with Crippen molar-refractivity contribution in [2.24, 2.45) is 5.92 Å². The molecule has 1 saturated carbocycles. The summed E-state index contributed by atoms with van der Waals surface area (Å²) in [4.78, 5) is 61.9. The van der Waals surface area contributed by atoms with Crippen molar-refractivity contribution >= 4 is 55.8 Å². The number of amides is 3. The number of pyridine rings is 1. The van der Waals surface area contributed by atoms with Crippen LogP contribution in [-0.4, -0.2) is 90.3 Å². The third kappa shape index (κ3) is 7.85. The molecule has 3 aliphatic heterocycles. The van der Waals surface area contributed by atoms with E-state index in [1.54, 1.807) is 18.2 Å². The Bertz CT molecular complexity index is 2210. The second-order valence-electron chi connectivity index (χ2n) is 15.4. The van der Waals surface area contributed by atoms with Crippen LogP contribution in [-0.2, 0) is 9.59 Å². The van der Waals surface area contributed by atoms with Gasteiger partial charge in [0.1, 0.15) is 29.2 Å². The largest absolute Gasteiger partial charge is 0.490 e. The monoisotopic (exact) mass is 791 g/mol. The Labute approximate surface area is 325 Å². The van der Waals surface area contributed by atoms with Crippen LogP contribution in [0.4, 0.5) is 29.7 Å². The molecule has 3 amide bonds. The molecule has 4 fully saturated rings. The Balaban J connectivity index is 0.871. The molecule has 8 rings (SSSR count). The van der Waals surface area contributed by atoms with E-state index in [2.05, 4.69) is 20.4 Å². The van der Waals surface area contributed by atoms with Crippen LogP contribution in [0.3, 0.4) is 0 Å². The number of nitrogens with zero attached hydrogens (tertiary/aromatic N) is 5. The van der Waals surface area contributed by atoms with Crippen LogP contribution in [0, 0.1) is 17.6 Å². The number of hydrogen-bond donors (Lipinski definition) is 2. The van der Waals surface area contributed by atoms with Crippen LogP contribution >= 0.6 is 11.3 Å². The first-order chi connectivity index (χ1) is 26.9. The summed E-state index contributed by atoms with van der Waals surface area (Å²) in [5.74, 6) is -3.34. The molecule has 0 spiro atoms. The summed E-state index contributed by atoms with van der Waals surface area (Å²) in [7, 11) is 0. The Morgan fingerprint density at radius 2 is 1.71 bits per heavy atom. The number of thiazole rings is 1. The average molecular weight is 792 g/mol. The lowest BCUT2D eigenvalue weighted by atomic mass is 9.89. The van der Waals surface area contributed by atoms with E-state index < -0.39 is 53.0 Å². The van der Waals surface area contributed by atoms with Crippen LogP contribution in [0.25, 0.3) is 10.2 Å². The maximum absolute atomic E-state index is 15.2. The van der Waals surface area contributed by atoms with E-state index in [1.807, 2.05) is 18.7 Å². The molecule has 4 aromatic rings. The predicted molar refractivity (Wildman–Crippen MR) is 208 cm³/mol. The summed E-state index contributed by atoms with van der Waals surface area (Å²) in [6.45, 7) is 9.25. The highest BCUT2D eigenvalue weighted by Crippen LogP contribution is 2.39. The standard InChI is InChI=1S/C40H44F3N7O5S/c1-22(2)55-33-20-31-34(18-26(33)38(53)44-30-4-3-9-50(39(30)54)32-19-27(32)41)56-40(45-31)49-14-12-47(13-15-49)21-23-7-10-48(11-8-23)24-16-28(42)36(29(43)17-24)25-5-6-35(51)46-37(25)52/h3-4,9,16-18,20,22-23,25,27,32H,5-8,10-15,19,21H2,1-2H3,(H,44,53)(H,46,51,52)/t25?,27-,32+/m1/s1. The Hall–Kier alpha value is -4.96. The third-order valence-electron chi connectivity index (χ3n) is 11.1. The molecule has 296 valence electrons. The first-order valence-corrected chi connectivity index (χ1v) is 20.1. The quantitative estimate of drug-likeness (QED) is 0.197. The molecule has 1 aliphatic carbocycles. The van der Waals surface area contributed by atoms with Gasteiger partial charge in [0, 0.05) is 82.2 Å². The fourth-order valence-electron chi connectivity index (χ4n) is 8.02. The zero-order valence-corrected chi connectivity index (χ0v) is 32.0. The van der Waals surface area contributed by atoms with Crippen molar-refractivity contribution < 1.29 is 32.3 Å². The topological polar surface area (TPSA) is 129 Å². The number of carbonyl (C=O) groups is 3. The first-order valence-electron chi connectivity index (χ1n) is 19.2. The minimum absolute atomic E-state index is 0.0493. The second-order valence-corrected chi connectivity index (χ2v) is 16.4. The number of ether oxygens (including phenoxy) is 1. The van der Waals surface area contributed by atoms with Crippen molar-refractivity contribution in [2.45, 2.75) is 70.2 Å². The minimum atomic E-state index is -1.06. The van der Waals surface area contributed by atoms with Crippen LogP contribution in [0.5, 0.6) is 5.75 Å². The molecule has 2 N–H and O–H groups in total. The van der Waals surface area contributed by atoms with Crippen LogP contribution < -0.4 is 30.7 Å². The van der Waals surface area contributed by atoms with Crippen molar-refractivity contribution in [3.63, 3.8) is 0 Å². The molecule has 2 aromatic carbocycles. The van der Waals surface area contributed by atoms with Gasteiger partial charge in [-0.2, -0.15) is 0 Å². The fourth-order valence-corrected chi connectivity index (χ4v) is 9.06. The van der Waals surface area contributed by atoms with Gasteiger partial charge < -0.3 is 24.4 Å². The molecular weight excluding hydrogens is 748 g/mol. The van der Waals surface area contributed by atoms with E-state index >= 15 is 8.78 Å². The van der Waals surface area contributed by atoms with E-state index in [0.717, 1.165) is 55.4 Å². The van der Waals surface area contributed by atoms with Crippen LogP contribution in [0.1, 0.15) is 73.8 Å². The average Bonchev–Trinajstić information content (AvgIpc) is 3.74. The Kier molecular flexibility index (Phi) is 10.5. The van der Waals surface area contributed by atoms with Gasteiger partial charge >= 0.3 is 0 Å². The zero-order chi connectivity index (χ0) is 39.2. The lowest BCUT2D eigenvalue weighted by Gasteiger charge is -2.39. The third-order valence-corrected chi connectivity index (χ3v) is 12.2. The van der Waals surface area contributed by atoms with Crippen molar-refractivity contribution in [1.29, 1.82) is 0 Å². The first kappa shape index (κ1) is 37.9. The van der Waals surface area contributed by atoms with Gasteiger partial charge in [-0.05, 0) is 69.4 Å². The second kappa shape index (κ2) is 15.5. The summed E-state index contributed by atoms with van der Waals surface area (Å²) in [6.07, 6.45) is 2.44. The van der Waals surface area contributed by atoms with E-state index in [4.69, 9.17) is 9.72 Å². The number of piperazine rings is 1. The predicted octanol–water partition coefficient (Wildman–Crippen LogP) is 5.62. The number of imide groups is 1. The van der Waals surface area contributed by atoms with E-state index in [1.165, 1.54) is 40.3 Å². The molecule has 3 saturated heterocycles. The minimum Gasteiger partial charge on any atom is -0.490 e. The number of fused-ring (bicyclic) bond motifs is 1. The molecule has 5 heterocycles. The van der Waals surface area contributed by atoms with Gasteiger partial charge in [0.2, 0.25) is 11.8 Å². The van der Waals surface area contributed by atoms with Gasteiger partial charge in [-0.25, -0.2) is 18.2 Å². The van der Waals surface area contributed by atoms with E-state index in [9.17, 15) is 23.6 Å². The maximum atomic E-state index is 15.2. The molecule has 12 nitrogen and oxygen atoms in total. The molecule has 16 heteroatoms. The van der Waals surface area contributed by atoms with Gasteiger partial charge in [-0.1, -0.05) is 11.3 Å². The van der Waals surface area contributed by atoms with Crippen molar-refractivity contribution in [2.75, 3.05) is 60.9 Å². The number of hydrogen-bond acceptors (Lipinski definition) is 10. The molecule has 56 heavy (non-hydrogen) atoms. The number of anilines is 3. The van der Waals surface area contributed by atoms with Crippen LogP contribution in [0.15, 0.2) is 47.4 Å². The number of alkyl halides is 1. The summed E-state index contributed by atoms with van der Waals surface area (Å²) >= 11 is 1.49. The number of benzene rings is 2. The maximum Gasteiger partial charge on any atom is 0.274 e. The highest BCUT2D eigenvalue weighted by atomic mass is 32.1. The lowest BCUT2D eigenvalue weighted by Crippen LogP contribution is -2.49. The number of piperidine rings is 2. The fraction of sp³-hybridized carbons (Fsp3) is 0.475. The number of rotatable bonds is 10. The zero-order valence-electron chi connectivity index (χ0n) is 31.2. The summed E-state index contributed by atoms with van der Waals surface area (Å²) in [6, 6.07) is 8.76. The normalized spacial score (nSPS) is 22.1. The van der Waals surface area contributed by atoms with E-state index in [-0.39, 0.29) is 42.2 Å². The summed E-state index contributed by atoms with van der Waals surface area (Å²) in [5, 5.41) is 5.75. The summed E-state index contributed by atoms with van der Waals surface area (Å²) < 4.78 is 52.2. The van der Waals surface area contributed by atoms with Crippen LogP contribution in [0.2, 0.25) is 0 Å². The highest BCUT2D eigenvalue weighted by molar-refractivity contribution is 7.22. The number of aromatic nitrogens is 2. The number of halogens is 3. The van der Waals surface area contributed by atoms with E-state index in [0.29, 0.717) is 36.0 Å². The highest BCUT2D eigenvalue weighted by Gasteiger charge is 2.40. The molecule has 0 radical (unpaired) electrons. The molecule has 2 aromatic heterocycles. The lowest BCUT2D eigenvalue weighted by molar-refractivity contribution is -0.134. The van der Waals surface area contributed by atoms with Crippen molar-refractivity contribution in [1.82, 2.24) is 19.8 Å². The molecule has 3 atom stereocenters.